The summed E-state index contributed by atoms with van der Waals surface area (Å²) in [7, 11) is 0. The predicted octanol–water partition coefficient (Wildman–Crippen LogP) is 3.74. The Morgan fingerprint density at radius 3 is 2.82 bits per heavy atom. The molecule has 0 aliphatic heterocycles. The smallest absolute Gasteiger partial charge is 0.269 e. The van der Waals surface area contributed by atoms with Gasteiger partial charge in [0.15, 0.2) is 0 Å². The van der Waals surface area contributed by atoms with Crippen molar-refractivity contribution in [2.75, 3.05) is 11.2 Å². The van der Waals surface area contributed by atoms with Crippen LogP contribution >= 0.6 is 23.2 Å². The van der Waals surface area contributed by atoms with Crippen molar-refractivity contribution in [1.82, 2.24) is 9.97 Å². The number of anilines is 1. The molecule has 1 heterocycles. The second kappa shape index (κ2) is 7.38. The van der Waals surface area contributed by atoms with Gasteiger partial charge in [0.05, 0.1) is 4.92 Å². The number of benzene rings is 1. The Kier molecular flexibility index (Phi) is 5.51. The van der Waals surface area contributed by atoms with E-state index in [2.05, 4.69) is 15.3 Å². The summed E-state index contributed by atoms with van der Waals surface area (Å²) < 4.78 is 0. The number of hydrogen-bond acceptors (Lipinski definition) is 5. The molecule has 1 N–H and O–H groups in total. The Morgan fingerprint density at radius 2 is 2.14 bits per heavy atom. The first-order valence-electron chi connectivity index (χ1n) is 6.57. The molecule has 0 saturated heterocycles. The topological polar surface area (TPSA) is 81.0 Å². The Bertz CT molecular complexity index is 695. The van der Waals surface area contributed by atoms with E-state index in [1.807, 2.05) is 6.92 Å². The van der Waals surface area contributed by atoms with Crippen molar-refractivity contribution in [3.05, 3.63) is 56.5 Å². The van der Waals surface area contributed by atoms with Crippen LogP contribution in [-0.2, 0) is 13.0 Å². The summed E-state index contributed by atoms with van der Waals surface area (Å²) in [6.07, 6.45) is 0.613. The SMILES string of the molecule is Cc1nc(Cl)nc(NCc2cccc([N+](=O)[O-])c2)c1CCCl. The Hall–Kier alpha value is -1.92. The minimum atomic E-state index is -0.422. The van der Waals surface area contributed by atoms with Gasteiger partial charge >= 0.3 is 0 Å². The van der Waals surface area contributed by atoms with Gasteiger partial charge in [0.1, 0.15) is 5.82 Å². The van der Waals surface area contributed by atoms with Gasteiger partial charge in [0.2, 0.25) is 5.28 Å². The Morgan fingerprint density at radius 1 is 1.36 bits per heavy atom. The lowest BCUT2D eigenvalue weighted by Gasteiger charge is -2.12. The van der Waals surface area contributed by atoms with E-state index in [4.69, 9.17) is 23.2 Å². The summed E-state index contributed by atoms with van der Waals surface area (Å²) in [5.74, 6) is 1.04. The number of nitrogens with zero attached hydrogens (tertiary/aromatic N) is 3. The maximum atomic E-state index is 10.8. The molecule has 2 rings (SSSR count). The third-order valence-electron chi connectivity index (χ3n) is 3.11. The van der Waals surface area contributed by atoms with Gasteiger partial charge in [0.25, 0.3) is 5.69 Å². The number of nitrogens with one attached hydrogen (secondary N) is 1. The minimum Gasteiger partial charge on any atom is -0.366 e. The molecular weight excluding hydrogens is 327 g/mol. The van der Waals surface area contributed by atoms with Gasteiger partial charge in [-0.3, -0.25) is 10.1 Å². The number of nitro groups is 1. The molecule has 6 nitrogen and oxygen atoms in total. The summed E-state index contributed by atoms with van der Waals surface area (Å²) in [6, 6.07) is 6.42. The highest BCUT2D eigenvalue weighted by Gasteiger charge is 2.11. The van der Waals surface area contributed by atoms with E-state index in [1.165, 1.54) is 12.1 Å². The summed E-state index contributed by atoms with van der Waals surface area (Å²) in [6.45, 7) is 2.23. The molecule has 0 aliphatic carbocycles. The predicted molar refractivity (Wildman–Crippen MR) is 86.6 cm³/mol. The average molecular weight is 341 g/mol. The van der Waals surface area contributed by atoms with Crippen LogP contribution in [0.3, 0.4) is 0 Å². The third kappa shape index (κ3) is 4.05. The van der Waals surface area contributed by atoms with Crippen molar-refractivity contribution in [3.63, 3.8) is 0 Å². The second-order valence-corrected chi connectivity index (χ2v) is 5.34. The molecule has 22 heavy (non-hydrogen) atoms. The second-order valence-electron chi connectivity index (χ2n) is 4.62. The fourth-order valence-electron chi connectivity index (χ4n) is 2.07. The minimum absolute atomic E-state index is 0.0529. The van der Waals surface area contributed by atoms with E-state index in [0.717, 1.165) is 16.8 Å². The fourth-order valence-corrected chi connectivity index (χ4v) is 2.47. The highest BCUT2D eigenvalue weighted by molar-refractivity contribution is 6.28. The van der Waals surface area contributed by atoms with E-state index in [9.17, 15) is 10.1 Å². The first-order chi connectivity index (χ1) is 10.5. The lowest BCUT2D eigenvalue weighted by atomic mass is 10.1. The van der Waals surface area contributed by atoms with E-state index in [1.54, 1.807) is 12.1 Å². The number of rotatable bonds is 6. The molecule has 0 aliphatic rings. The molecule has 116 valence electrons. The van der Waals surface area contributed by atoms with Crippen LogP contribution < -0.4 is 5.32 Å². The highest BCUT2D eigenvalue weighted by atomic mass is 35.5. The first-order valence-corrected chi connectivity index (χ1v) is 7.48. The molecule has 0 unspecified atom stereocenters. The number of alkyl halides is 1. The molecule has 0 atom stereocenters. The number of hydrogen-bond donors (Lipinski definition) is 1. The molecule has 0 amide bonds. The largest absolute Gasteiger partial charge is 0.366 e. The lowest BCUT2D eigenvalue weighted by Crippen LogP contribution is -2.08. The van der Waals surface area contributed by atoms with E-state index >= 15 is 0 Å². The number of nitro benzene ring substituents is 1. The molecule has 0 spiro atoms. The number of aromatic nitrogens is 2. The third-order valence-corrected chi connectivity index (χ3v) is 3.47. The molecule has 0 saturated carbocycles. The number of aryl methyl sites for hydroxylation is 1. The maximum Gasteiger partial charge on any atom is 0.269 e. The van der Waals surface area contributed by atoms with Crippen LogP contribution in [0.2, 0.25) is 5.28 Å². The first kappa shape index (κ1) is 16.5. The highest BCUT2D eigenvalue weighted by Crippen LogP contribution is 2.21. The molecule has 0 bridgehead atoms. The fraction of sp³-hybridized carbons (Fsp3) is 0.286. The molecule has 8 heteroatoms. The van der Waals surface area contributed by atoms with E-state index in [-0.39, 0.29) is 11.0 Å². The van der Waals surface area contributed by atoms with Crippen molar-refractivity contribution < 1.29 is 4.92 Å². The zero-order valence-electron chi connectivity index (χ0n) is 11.8. The number of halogens is 2. The van der Waals surface area contributed by atoms with Crippen molar-refractivity contribution in [2.24, 2.45) is 0 Å². The summed E-state index contributed by atoms with van der Waals surface area (Å²) in [5, 5.41) is 14.1. The van der Waals surface area contributed by atoms with Crippen LogP contribution in [0.4, 0.5) is 11.5 Å². The van der Waals surface area contributed by atoms with Gasteiger partial charge in [-0.1, -0.05) is 12.1 Å². The van der Waals surface area contributed by atoms with Gasteiger partial charge in [0, 0.05) is 35.8 Å². The van der Waals surface area contributed by atoms with Gasteiger partial charge < -0.3 is 5.32 Å². The summed E-state index contributed by atoms with van der Waals surface area (Å²) in [5.41, 5.74) is 2.49. The molecule has 2 aromatic rings. The molecule has 0 fully saturated rings. The molecular formula is C14H14Cl2N4O2. The zero-order chi connectivity index (χ0) is 16.1. The van der Waals surface area contributed by atoms with Crippen LogP contribution in [-0.4, -0.2) is 20.8 Å². The molecule has 1 aromatic carbocycles. The zero-order valence-corrected chi connectivity index (χ0v) is 13.4. The van der Waals surface area contributed by atoms with Crippen molar-refractivity contribution in [3.8, 4) is 0 Å². The molecule has 1 aromatic heterocycles. The van der Waals surface area contributed by atoms with Crippen LogP contribution in [0.1, 0.15) is 16.8 Å². The van der Waals surface area contributed by atoms with E-state index < -0.39 is 4.92 Å². The van der Waals surface area contributed by atoms with Crippen LogP contribution in [0.25, 0.3) is 0 Å². The van der Waals surface area contributed by atoms with Gasteiger partial charge in [-0.15, -0.1) is 11.6 Å². The van der Waals surface area contributed by atoms with E-state index in [0.29, 0.717) is 24.7 Å². The number of non-ortho nitro benzene ring substituents is 1. The average Bonchev–Trinajstić information content (AvgIpc) is 2.48. The Labute approximate surface area is 137 Å². The Balaban J connectivity index is 2.21. The van der Waals surface area contributed by atoms with Gasteiger partial charge in [-0.2, -0.15) is 0 Å². The summed E-state index contributed by atoms with van der Waals surface area (Å²) in [4.78, 5) is 18.7. The monoisotopic (exact) mass is 340 g/mol. The summed E-state index contributed by atoms with van der Waals surface area (Å²) >= 11 is 11.7. The standard InChI is InChI=1S/C14H14Cl2N4O2/c1-9-12(5-6-15)13(19-14(16)18-9)17-8-10-3-2-4-11(7-10)20(21)22/h2-4,7H,5-6,8H2,1H3,(H,17,18,19). The maximum absolute atomic E-state index is 10.8. The normalized spacial score (nSPS) is 10.5. The van der Waals surface area contributed by atoms with Crippen LogP contribution in [0.15, 0.2) is 24.3 Å². The van der Waals surface area contributed by atoms with Crippen LogP contribution in [0, 0.1) is 17.0 Å². The van der Waals surface area contributed by atoms with Crippen molar-refractivity contribution in [1.29, 1.82) is 0 Å². The van der Waals surface area contributed by atoms with Gasteiger partial charge in [-0.05, 0) is 30.5 Å². The van der Waals surface area contributed by atoms with Crippen molar-refractivity contribution >= 4 is 34.7 Å². The quantitative estimate of drug-likeness (QED) is 0.375. The van der Waals surface area contributed by atoms with Crippen LogP contribution in [0.5, 0.6) is 0 Å². The lowest BCUT2D eigenvalue weighted by molar-refractivity contribution is -0.384. The molecule has 0 radical (unpaired) electrons. The van der Waals surface area contributed by atoms with Crippen molar-refractivity contribution in [2.45, 2.75) is 19.9 Å². The van der Waals surface area contributed by atoms with Gasteiger partial charge in [-0.25, -0.2) is 9.97 Å².